The first-order chi connectivity index (χ1) is 9.52. The van der Waals surface area contributed by atoms with E-state index >= 15 is 0 Å². The summed E-state index contributed by atoms with van der Waals surface area (Å²) in [5.74, 6) is 0.816. The molecule has 0 bridgehead atoms. The minimum atomic E-state index is -0.105. The second-order valence-corrected chi connectivity index (χ2v) is 5.80. The molecule has 1 fully saturated rings. The first-order valence-corrected chi connectivity index (χ1v) is 7.09. The molecule has 0 saturated heterocycles. The number of hydrogen-bond donors (Lipinski definition) is 1. The third kappa shape index (κ3) is 2.69. The van der Waals surface area contributed by atoms with Crippen molar-refractivity contribution in [2.75, 3.05) is 5.32 Å². The molecule has 1 aromatic heterocycles. The summed E-state index contributed by atoms with van der Waals surface area (Å²) in [6.45, 7) is 6.34. The highest BCUT2D eigenvalue weighted by Gasteiger charge is 2.23. The number of imidazole rings is 1. The van der Waals surface area contributed by atoms with Crippen molar-refractivity contribution in [1.82, 2.24) is 9.55 Å². The SMILES string of the molecule is Cc1cn(Cc2cc(C)c(F)c(C)c2)c(NC2CC2)n1. The summed E-state index contributed by atoms with van der Waals surface area (Å²) < 4.78 is 15.8. The molecule has 0 aliphatic heterocycles. The Morgan fingerprint density at radius 2 is 1.90 bits per heavy atom. The summed E-state index contributed by atoms with van der Waals surface area (Å²) >= 11 is 0. The van der Waals surface area contributed by atoms with E-state index in [0.717, 1.165) is 23.8 Å². The molecule has 3 nitrogen and oxygen atoms in total. The molecule has 1 saturated carbocycles. The first kappa shape index (κ1) is 13.2. The van der Waals surface area contributed by atoms with Crippen molar-refractivity contribution < 1.29 is 4.39 Å². The molecule has 0 unspecified atom stereocenters. The highest BCUT2D eigenvalue weighted by Crippen LogP contribution is 2.25. The molecular weight excluding hydrogens is 253 g/mol. The van der Waals surface area contributed by atoms with Gasteiger partial charge in [-0.3, -0.25) is 0 Å². The van der Waals surface area contributed by atoms with Gasteiger partial charge in [0.25, 0.3) is 0 Å². The Kier molecular flexibility index (Phi) is 3.24. The number of halogens is 1. The molecule has 0 atom stereocenters. The molecule has 1 heterocycles. The van der Waals surface area contributed by atoms with Crippen molar-refractivity contribution in [2.45, 2.75) is 46.2 Å². The lowest BCUT2D eigenvalue weighted by molar-refractivity contribution is 0.607. The fraction of sp³-hybridized carbons (Fsp3) is 0.438. The van der Waals surface area contributed by atoms with E-state index in [1.165, 1.54) is 12.8 Å². The average molecular weight is 273 g/mol. The lowest BCUT2D eigenvalue weighted by Crippen LogP contribution is -2.10. The van der Waals surface area contributed by atoms with Crippen molar-refractivity contribution in [1.29, 1.82) is 0 Å². The van der Waals surface area contributed by atoms with E-state index in [4.69, 9.17) is 0 Å². The molecule has 0 amide bonds. The Labute approximate surface area is 118 Å². The second-order valence-electron chi connectivity index (χ2n) is 5.80. The Hall–Kier alpha value is -1.84. The second kappa shape index (κ2) is 4.93. The summed E-state index contributed by atoms with van der Waals surface area (Å²) in [4.78, 5) is 4.53. The molecule has 2 aromatic rings. The Morgan fingerprint density at radius 3 is 2.50 bits per heavy atom. The van der Waals surface area contributed by atoms with Gasteiger partial charge in [-0.25, -0.2) is 9.37 Å². The maximum Gasteiger partial charge on any atom is 0.203 e. The minimum Gasteiger partial charge on any atom is -0.353 e. The molecule has 0 radical (unpaired) electrons. The highest BCUT2D eigenvalue weighted by atomic mass is 19.1. The predicted octanol–water partition coefficient (Wildman–Crippen LogP) is 3.57. The molecule has 1 aliphatic carbocycles. The molecule has 1 aromatic carbocycles. The molecule has 3 rings (SSSR count). The van der Waals surface area contributed by atoms with Crippen LogP contribution < -0.4 is 5.32 Å². The van der Waals surface area contributed by atoms with E-state index in [2.05, 4.69) is 14.9 Å². The van der Waals surface area contributed by atoms with Gasteiger partial charge in [0.05, 0.1) is 12.2 Å². The smallest absolute Gasteiger partial charge is 0.203 e. The highest BCUT2D eigenvalue weighted by molar-refractivity contribution is 5.35. The lowest BCUT2D eigenvalue weighted by atomic mass is 10.1. The van der Waals surface area contributed by atoms with Crippen LogP contribution in [-0.4, -0.2) is 15.6 Å². The van der Waals surface area contributed by atoms with Crippen LogP contribution >= 0.6 is 0 Å². The summed E-state index contributed by atoms with van der Waals surface area (Å²) in [7, 11) is 0. The average Bonchev–Trinajstić information content (AvgIpc) is 3.12. The van der Waals surface area contributed by atoms with Gasteiger partial charge in [-0.05, 0) is 50.3 Å². The number of nitrogens with one attached hydrogen (secondary N) is 1. The maximum atomic E-state index is 13.7. The number of anilines is 1. The van der Waals surface area contributed by atoms with Crippen LogP contribution in [0.2, 0.25) is 0 Å². The van der Waals surface area contributed by atoms with Crippen LogP contribution in [0.15, 0.2) is 18.3 Å². The van der Waals surface area contributed by atoms with E-state index in [1.807, 2.05) is 39.1 Å². The topological polar surface area (TPSA) is 29.9 Å². The first-order valence-electron chi connectivity index (χ1n) is 7.09. The van der Waals surface area contributed by atoms with Crippen molar-refractivity contribution in [3.05, 3.63) is 46.5 Å². The third-order valence-electron chi connectivity index (χ3n) is 3.66. The number of hydrogen-bond acceptors (Lipinski definition) is 2. The zero-order valence-electron chi connectivity index (χ0n) is 12.2. The number of aryl methyl sites for hydroxylation is 3. The Bertz CT molecular complexity index is 618. The van der Waals surface area contributed by atoms with Gasteiger partial charge in [-0.15, -0.1) is 0 Å². The number of nitrogens with zero attached hydrogens (tertiary/aromatic N) is 2. The zero-order chi connectivity index (χ0) is 14.3. The van der Waals surface area contributed by atoms with Gasteiger partial charge in [-0.2, -0.15) is 0 Å². The van der Waals surface area contributed by atoms with Gasteiger partial charge in [0.1, 0.15) is 5.82 Å². The van der Waals surface area contributed by atoms with Crippen LogP contribution in [0.3, 0.4) is 0 Å². The standard InChI is InChI=1S/C16H20FN3/c1-10-6-13(7-11(2)15(10)17)9-20-8-12(3)18-16(20)19-14-4-5-14/h6-8,14H,4-5,9H2,1-3H3,(H,18,19). The van der Waals surface area contributed by atoms with Crippen molar-refractivity contribution >= 4 is 5.95 Å². The maximum absolute atomic E-state index is 13.7. The number of benzene rings is 1. The molecule has 106 valence electrons. The van der Waals surface area contributed by atoms with Crippen LogP contribution in [0.25, 0.3) is 0 Å². The summed E-state index contributed by atoms with van der Waals surface area (Å²) in [5.41, 5.74) is 3.52. The fourth-order valence-electron chi connectivity index (χ4n) is 2.52. The largest absolute Gasteiger partial charge is 0.353 e. The van der Waals surface area contributed by atoms with Crippen molar-refractivity contribution in [2.24, 2.45) is 0 Å². The van der Waals surface area contributed by atoms with Crippen molar-refractivity contribution in [3.63, 3.8) is 0 Å². The van der Waals surface area contributed by atoms with Crippen LogP contribution in [-0.2, 0) is 6.54 Å². The van der Waals surface area contributed by atoms with Gasteiger partial charge >= 0.3 is 0 Å². The van der Waals surface area contributed by atoms with Gasteiger partial charge in [0, 0.05) is 12.2 Å². The molecular formula is C16H20FN3. The fourth-order valence-corrected chi connectivity index (χ4v) is 2.52. The Balaban J connectivity index is 1.86. The molecule has 1 aliphatic rings. The van der Waals surface area contributed by atoms with Gasteiger partial charge in [0.2, 0.25) is 5.95 Å². The van der Waals surface area contributed by atoms with Gasteiger partial charge < -0.3 is 9.88 Å². The Morgan fingerprint density at radius 1 is 1.25 bits per heavy atom. The molecule has 20 heavy (non-hydrogen) atoms. The predicted molar refractivity (Wildman–Crippen MR) is 78.6 cm³/mol. The van der Waals surface area contributed by atoms with E-state index < -0.39 is 0 Å². The van der Waals surface area contributed by atoms with E-state index in [0.29, 0.717) is 17.2 Å². The van der Waals surface area contributed by atoms with Crippen LogP contribution in [0, 0.1) is 26.6 Å². The van der Waals surface area contributed by atoms with Crippen LogP contribution in [0.5, 0.6) is 0 Å². The van der Waals surface area contributed by atoms with Crippen LogP contribution in [0.1, 0.15) is 35.2 Å². The summed E-state index contributed by atoms with van der Waals surface area (Å²) in [6, 6.07) is 4.41. The van der Waals surface area contributed by atoms with Gasteiger partial charge in [0.15, 0.2) is 0 Å². The molecule has 0 spiro atoms. The van der Waals surface area contributed by atoms with E-state index in [-0.39, 0.29) is 5.82 Å². The summed E-state index contributed by atoms with van der Waals surface area (Å²) in [6.07, 6.45) is 4.49. The van der Waals surface area contributed by atoms with Gasteiger partial charge in [-0.1, -0.05) is 12.1 Å². The van der Waals surface area contributed by atoms with E-state index in [9.17, 15) is 4.39 Å². The van der Waals surface area contributed by atoms with Crippen molar-refractivity contribution in [3.8, 4) is 0 Å². The van der Waals surface area contributed by atoms with E-state index in [1.54, 1.807) is 0 Å². The normalized spacial score (nSPS) is 14.6. The number of rotatable bonds is 4. The lowest BCUT2D eigenvalue weighted by Gasteiger charge is -2.11. The molecule has 4 heteroatoms. The van der Waals surface area contributed by atoms with Crippen LogP contribution in [0.4, 0.5) is 10.3 Å². The molecule has 1 N–H and O–H groups in total. The monoisotopic (exact) mass is 273 g/mol. The quantitative estimate of drug-likeness (QED) is 0.923. The third-order valence-corrected chi connectivity index (χ3v) is 3.66. The zero-order valence-corrected chi connectivity index (χ0v) is 12.2. The minimum absolute atomic E-state index is 0.105. The summed E-state index contributed by atoms with van der Waals surface area (Å²) in [5, 5.41) is 3.44. The number of aromatic nitrogens is 2.